The molecule has 0 amide bonds. The molecular formula is C31H40NSi. The summed E-state index contributed by atoms with van der Waals surface area (Å²) in [5.41, 5.74) is 11.3. The number of nitrogens with zero attached hydrogens (tertiary/aromatic N) is 1. The number of benzene rings is 3. The minimum Gasteiger partial charge on any atom is -0.310 e. The van der Waals surface area contributed by atoms with Gasteiger partial charge in [-0.05, 0) is 84.9 Å². The molecule has 1 aliphatic heterocycles. The highest BCUT2D eigenvalue weighted by Crippen LogP contribution is 2.42. The maximum Gasteiger partial charge on any atom is 0.127 e. The summed E-state index contributed by atoms with van der Waals surface area (Å²) in [6.07, 6.45) is 8.20. The molecule has 33 heavy (non-hydrogen) atoms. The first-order valence-corrected chi connectivity index (χ1v) is 14.6. The third-order valence-electron chi connectivity index (χ3n) is 7.90. The van der Waals surface area contributed by atoms with Crippen molar-refractivity contribution in [2.45, 2.75) is 86.1 Å². The number of unbranched alkanes of at least 4 members (excludes halogenated alkanes) is 5. The van der Waals surface area contributed by atoms with Crippen LogP contribution in [0.4, 0.5) is 17.1 Å². The average molecular weight is 455 g/mol. The van der Waals surface area contributed by atoms with E-state index in [0.29, 0.717) is 0 Å². The van der Waals surface area contributed by atoms with Gasteiger partial charge in [0.2, 0.25) is 0 Å². The SMILES string of the molecule is CCCCCCCC[Si]1c2ccccc2N(c2c(C)c(C)c(C)c(C)c2C)c2ccccc21. The predicted molar refractivity (Wildman–Crippen MR) is 148 cm³/mol. The van der Waals surface area contributed by atoms with E-state index < -0.39 is 8.80 Å². The molecule has 0 aromatic heterocycles. The number of hydrogen-bond acceptors (Lipinski definition) is 1. The number of anilines is 3. The fourth-order valence-corrected chi connectivity index (χ4v) is 8.57. The zero-order valence-corrected chi connectivity index (χ0v) is 22.5. The van der Waals surface area contributed by atoms with Crippen molar-refractivity contribution in [3.8, 4) is 0 Å². The topological polar surface area (TPSA) is 3.24 Å². The number of para-hydroxylation sites is 2. The molecule has 0 N–H and O–H groups in total. The van der Waals surface area contributed by atoms with E-state index in [0.717, 1.165) is 0 Å². The number of rotatable bonds is 8. The van der Waals surface area contributed by atoms with Gasteiger partial charge in [0.1, 0.15) is 8.80 Å². The summed E-state index contributed by atoms with van der Waals surface area (Å²) in [4.78, 5) is 2.59. The van der Waals surface area contributed by atoms with Crippen molar-refractivity contribution in [1.82, 2.24) is 0 Å². The Labute approximate surface area is 203 Å². The van der Waals surface area contributed by atoms with E-state index in [9.17, 15) is 0 Å². The Kier molecular flexibility index (Phi) is 7.44. The van der Waals surface area contributed by atoms with Gasteiger partial charge in [-0.3, -0.25) is 0 Å². The highest BCUT2D eigenvalue weighted by Gasteiger charge is 2.33. The van der Waals surface area contributed by atoms with E-state index in [1.54, 1.807) is 10.4 Å². The molecule has 3 aromatic carbocycles. The van der Waals surface area contributed by atoms with Gasteiger partial charge < -0.3 is 4.90 Å². The van der Waals surface area contributed by atoms with Gasteiger partial charge in [0.25, 0.3) is 0 Å². The van der Waals surface area contributed by atoms with Gasteiger partial charge in [-0.25, -0.2) is 0 Å². The Hall–Kier alpha value is -2.32. The van der Waals surface area contributed by atoms with E-state index in [4.69, 9.17) is 0 Å². The van der Waals surface area contributed by atoms with Crippen LogP contribution in [0, 0.1) is 34.6 Å². The molecular weight excluding hydrogens is 414 g/mol. The molecule has 0 aliphatic carbocycles. The monoisotopic (exact) mass is 454 g/mol. The van der Waals surface area contributed by atoms with Crippen LogP contribution in [0.25, 0.3) is 0 Å². The zero-order chi connectivity index (χ0) is 23.5. The first-order chi connectivity index (χ1) is 16.0. The summed E-state index contributed by atoms with van der Waals surface area (Å²) in [5.74, 6) is 0. The normalized spacial score (nSPS) is 13.2. The van der Waals surface area contributed by atoms with Crippen LogP contribution >= 0.6 is 0 Å². The third kappa shape index (κ3) is 4.42. The lowest BCUT2D eigenvalue weighted by atomic mass is 9.91. The fourth-order valence-electron chi connectivity index (χ4n) is 5.53. The fraction of sp³-hybridized carbons (Fsp3) is 0.419. The Balaban J connectivity index is 1.79. The molecule has 1 aliphatic rings. The lowest BCUT2D eigenvalue weighted by Gasteiger charge is -2.39. The van der Waals surface area contributed by atoms with E-state index in [-0.39, 0.29) is 0 Å². The van der Waals surface area contributed by atoms with Crippen LogP contribution in [-0.4, -0.2) is 8.80 Å². The summed E-state index contributed by atoms with van der Waals surface area (Å²) in [6.45, 7) is 13.8. The molecule has 0 spiro atoms. The molecule has 1 radical (unpaired) electrons. The van der Waals surface area contributed by atoms with Crippen molar-refractivity contribution >= 4 is 36.2 Å². The Morgan fingerprint density at radius 1 is 0.576 bits per heavy atom. The van der Waals surface area contributed by atoms with Crippen molar-refractivity contribution in [3.63, 3.8) is 0 Å². The van der Waals surface area contributed by atoms with Gasteiger partial charge in [0.05, 0.1) is 5.69 Å². The van der Waals surface area contributed by atoms with Crippen molar-refractivity contribution in [3.05, 3.63) is 76.3 Å². The van der Waals surface area contributed by atoms with E-state index in [1.807, 2.05) is 0 Å². The lowest BCUT2D eigenvalue weighted by Crippen LogP contribution is -2.50. The number of hydrogen-bond donors (Lipinski definition) is 0. The van der Waals surface area contributed by atoms with Crippen LogP contribution in [0.3, 0.4) is 0 Å². The Morgan fingerprint density at radius 3 is 1.58 bits per heavy atom. The average Bonchev–Trinajstić information content (AvgIpc) is 2.84. The minimum atomic E-state index is -0.789. The molecule has 0 atom stereocenters. The van der Waals surface area contributed by atoms with Gasteiger partial charge in [-0.1, -0.05) is 87.9 Å². The Morgan fingerprint density at radius 2 is 1.03 bits per heavy atom. The van der Waals surface area contributed by atoms with Gasteiger partial charge in [0, 0.05) is 11.4 Å². The predicted octanol–water partition coefficient (Wildman–Crippen LogP) is 7.98. The highest BCUT2D eigenvalue weighted by molar-refractivity contribution is 6.88. The standard InChI is InChI=1S/C31H40NSi/c1-7-8-9-10-11-16-21-33-29-19-14-12-17-27(29)32(28-18-13-15-20-30(28)33)31-25(5)23(3)22(2)24(4)26(31)6/h12-15,17-20H,7-11,16,21H2,1-6H3. The molecule has 4 rings (SSSR count). The van der Waals surface area contributed by atoms with Crippen molar-refractivity contribution in [2.24, 2.45) is 0 Å². The number of fused-ring (bicyclic) bond motifs is 2. The second-order valence-electron chi connectivity index (χ2n) is 9.84. The maximum absolute atomic E-state index is 2.59. The highest BCUT2D eigenvalue weighted by atomic mass is 28.3. The van der Waals surface area contributed by atoms with Crippen LogP contribution in [-0.2, 0) is 0 Å². The maximum atomic E-state index is 2.59. The van der Waals surface area contributed by atoms with Crippen molar-refractivity contribution in [1.29, 1.82) is 0 Å². The molecule has 0 saturated heterocycles. The molecule has 173 valence electrons. The smallest absolute Gasteiger partial charge is 0.127 e. The molecule has 2 heteroatoms. The lowest BCUT2D eigenvalue weighted by molar-refractivity contribution is 0.624. The summed E-state index contributed by atoms with van der Waals surface area (Å²) >= 11 is 0. The summed E-state index contributed by atoms with van der Waals surface area (Å²) in [5, 5.41) is 3.17. The first-order valence-electron chi connectivity index (χ1n) is 12.9. The first kappa shape index (κ1) is 23.8. The summed E-state index contributed by atoms with van der Waals surface area (Å²) < 4.78 is 0. The summed E-state index contributed by atoms with van der Waals surface area (Å²) in [7, 11) is -0.789. The van der Waals surface area contributed by atoms with Crippen molar-refractivity contribution < 1.29 is 0 Å². The molecule has 0 bridgehead atoms. The molecule has 0 fully saturated rings. The third-order valence-corrected chi connectivity index (χ3v) is 10.9. The van der Waals surface area contributed by atoms with Crippen LogP contribution in [0.2, 0.25) is 6.04 Å². The molecule has 0 saturated carbocycles. The minimum absolute atomic E-state index is 0.789. The van der Waals surface area contributed by atoms with Crippen LogP contribution in [0.5, 0.6) is 0 Å². The van der Waals surface area contributed by atoms with Crippen molar-refractivity contribution in [2.75, 3.05) is 4.90 Å². The van der Waals surface area contributed by atoms with Gasteiger partial charge in [-0.2, -0.15) is 0 Å². The van der Waals surface area contributed by atoms with E-state index in [2.05, 4.69) is 95.0 Å². The van der Waals surface area contributed by atoms with Gasteiger partial charge in [-0.15, -0.1) is 0 Å². The molecule has 0 unspecified atom stereocenters. The Bertz CT molecular complexity index is 1050. The quantitative estimate of drug-likeness (QED) is 0.246. The molecule has 1 nitrogen and oxygen atoms in total. The summed E-state index contributed by atoms with van der Waals surface area (Å²) in [6, 6.07) is 19.9. The second kappa shape index (κ2) is 10.3. The molecule has 3 aromatic rings. The largest absolute Gasteiger partial charge is 0.310 e. The van der Waals surface area contributed by atoms with Crippen LogP contribution in [0.1, 0.15) is 73.3 Å². The van der Waals surface area contributed by atoms with E-state index >= 15 is 0 Å². The molecule has 1 heterocycles. The van der Waals surface area contributed by atoms with Crippen LogP contribution in [0.15, 0.2) is 48.5 Å². The van der Waals surface area contributed by atoms with Gasteiger partial charge in [0.15, 0.2) is 0 Å². The van der Waals surface area contributed by atoms with Gasteiger partial charge >= 0.3 is 0 Å². The van der Waals surface area contributed by atoms with Crippen LogP contribution < -0.4 is 15.3 Å². The van der Waals surface area contributed by atoms with E-state index in [1.165, 1.54) is 89.4 Å². The second-order valence-corrected chi connectivity index (χ2v) is 12.4. The zero-order valence-electron chi connectivity index (χ0n) is 21.5.